The highest BCUT2D eigenvalue weighted by Gasteiger charge is 2.12. The van der Waals surface area contributed by atoms with Crippen molar-refractivity contribution in [3.8, 4) is 0 Å². The van der Waals surface area contributed by atoms with Crippen molar-refractivity contribution in [3.63, 3.8) is 0 Å². The molecular weight excluding hydrogens is 242 g/mol. The first kappa shape index (κ1) is 13.5. The van der Waals surface area contributed by atoms with Gasteiger partial charge in [0, 0.05) is 19.6 Å². The zero-order chi connectivity index (χ0) is 12.6. The summed E-state index contributed by atoms with van der Waals surface area (Å²) < 4.78 is 0. The van der Waals surface area contributed by atoms with Gasteiger partial charge in [-0.15, -0.1) is 0 Å². The van der Waals surface area contributed by atoms with Gasteiger partial charge in [0.15, 0.2) is 0 Å². The first-order valence-corrected chi connectivity index (χ1v) is 8.08. The standard InChI is InChI=1S/C14H23N3S/c1-2-18-11-5-8-15-13-6-7-14(16-12-13)17-9-3-4-10-17/h6-7,12,15H,2-5,8-11H2,1H3. The van der Waals surface area contributed by atoms with Gasteiger partial charge in [0.2, 0.25) is 0 Å². The number of thioether (sulfide) groups is 1. The fraction of sp³-hybridized carbons (Fsp3) is 0.643. The summed E-state index contributed by atoms with van der Waals surface area (Å²) in [6.45, 7) is 5.57. The van der Waals surface area contributed by atoms with Gasteiger partial charge in [0.25, 0.3) is 0 Å². The Kier molecular flexibility index (Phi) is 5.65. The number of aromatic nitrogens is 1. The van der Waals surface area contributed by atoms with Gasteiger partial charge < -0.3 is 10.2 Å². The van der Waals surface area contributed by atoms with Crippen LogP contribution in [0, 0.1) is 0 Å². The Bertz CT molecular complexity index is 333. The first-order chi connectivity index (χ1) is 8.90. The van der Waals surface area contributed by atoms with Gasteiger partial charge in [-0.2, -0.15) is 11.8 Å². The summed E-state index contributed by atoms with van der Waals surface area (Å²) in [5.41, 5.74) is 1.14. The molecule has 4 heteroatoms. The van der Waals surface area contributed by atoms with Crippen LogP contribution in [-0.2, 0) is 0 Å². The quantitative estimate of drug-likeness (QED) is 0.766. The molecular formula is C14H23N3S. The van der Waals surface area contributed by atoms with Crippen molar-refractivity contribution in [2.75, 3.05) is 41.4 Å². The van der Waals surface area contributed by atoms with Crippen LogP contribution in [-0.4, -0.2) is 36.1 Å². The molecule has 2 rings (SSSR count). The number of nitrogens with one attached hydrogen (secondary N) is 1. The predicted octanol–water partition coefficient (Wildman–Crippen LogP) is 3.24. The zero-order valence-corrected chi connectivity index (χ0v) is 12.0. The molecule has 3 nitrogen and oxygen atoms in total. The fourth-order valence-electron chi connectivity index (χ4n) is 2.18. The van der Waals surface area contributed by atoms with Crippen molar-refractivity contribution < 1.29 is 0 Å². The average molecular weight is 265 g/mol. The van der Waals surface area contributed by atoms with Gasteiger partial charge in [-0.1, -0.05) is 6.92 Å². The molecule has 0 saturated carbocycles. The molecule has 1 aliphatic heterocycles. The highest BCUT2D eigenvalue weighted by Crippen LogP contribution is 2.18. The van der Waals surface area contributed by atoms with E-state index in [-0.39, 0.29) is 0 Å². The third-order valence-corrected chi connectivity index (χ3v) is 4.16. The van der Waals surface area contributed by atoms with Gasteiger partial charge in [0.1, 0.15) is 5.82 Å². The summed E-state index contributed by atoms with van der Waals surface area (Å²) in [6, 6.07) is 4.28. The largest absolute Gasteiger partial charge is 0.384 e. The SMILES string of the molecule is CCSCCCNc1ccc(N2CCCC2)nc1. The van der Waals surface area contributed by atoms with Crippen molar-refractivity contribution in [3.05, 3.63) is 18.3 Å². The monoisotopic (exact) mass is 265 g/mol. The summed E-state index contributed by atoms with van der Waals surface area (Å²) in [5, 5.41) is 3.43. The van der Waals surface area contributed by atoms with E-state index >= 15 is 0 Å². The van der Waals surface area contributed by atoms with Crippen molar-refractivity contribution in [2.24, 2.45) is 0 Å². The van der Waals surface area contributed by atoms with E-state index in [4.69, 9.17) is 0 Å². The first-order valence-electron chi connectivity index (χ1n) is 6.93. The lowest BCUT2D eigenvalue weighted by Gasteiger charge is -2.16. The smallest absolute Gasteiger partial charge is 0.128 e. The van der Waals surface area contributed by atoms with E-state index in [2.05, 4.69) is 34.3 Å². The number of nitrogens with zero attached hydrogens (tertiary/aromatic N) is 2. The molecule has 0 aromatic carbocycles. The van der Waals surface area contributed by atoms with Gasteiger partial charge >= 0.3 is 0 Å². The van der Waals surface area contributed by atoms with E-state index in [9.17, 15) is 0 Å². The van der Waals surface area contributed by atoms with Crippen molar-refractivity contribution in [1.29, 1.82) is 0 Å². The molecule has 1 fully saturated rings. The molecule has 0 spiro atoms. The van der Waals surface area contributed by atoms with E-state index in [1.54, 1.807) is 0 Å². The third kappa shape index (κ3) is 4.09. The van der Waals surface area contributed by atoms with Crippen LogP contribution in [0.15, 0.2) is 18.3 Å². The highest BCUT2D eigenvalue weighted by atomic mass is 32.2. The van der Waals surface area contributed by atoms with Crippen molar-refractivity contribution in [2.45, 2.75) is 26.2 Å². The Morgan fingerprint density at radius 1 is 1.33 bits per heavy atom. The molecule has 0 radical (unpaired) electrons. The van der Waals surface area contributed by atoms with Crippen LogP contribution in [0.25, 0.3) is 0 Å². The molecule has 18 heavy (non-hydrogen) atoms. The molecule has 0 unspecified atom stereocenters. The lowest BCUT2D eigenvalue weighted by Crippen LogP contribution is -2.18. The fourth-order valence-corrected chi connectivity index (χ4v) is 2.81. The molecule has 0 aliphatic carbocycles. The maximum Gasteiger partial charge on any atom is 0.128 e. The Balaban J connectivity index is 1.73. The number of hydrogen-bond donors (Lipinski definition) is 1. The van der Waals surface area contributed by atoms with Crippen LogP contribution in [0.5, 0.6) is 0 Å². The number of rotatable bonds is 7. The minimum Gasteiger partial charge on any atom is -0.384 e. The molecule has 0 bridgehead atoms. The average Bonchev–Trinajstić information content (AvgIpc) is 2.93. The molecule has 2 heterocycles. The lowest BCUT2D eigenvalue weighted by atomic mass is 10.3. The van der Waals surface area contributed by atoms with E-state index in [0.717, 1.165) is 31.1 Å². The predicted molar refractivity (Wildman–Crippen MR) is 81.8 cm³/mol. The van der Waals surface area contributed by atoms with Crippen LogP contribution < -0.4 is 10.2 Å². The minimum absolute atomic E-state index is 1.04. The van der Waals surface area contributed by atoms with E-state index in [0.29, 0.717) is 0 Å². The highest BCUT2D eigenvalue weighted by molar-refractivity contribution is 7.99. The summed E-state index contributed by atoms with van der Waals surface area (Å²) in [4.78, 5) is 6.90. The van der Waals surface area contributed by atoms with Crippen LogP contribution in [0.4, 0.5) is 11.5 Å². The van der Waals surface area contributed by atoms with Gasteiger partial charge in [-0.05, 0) is 42.9 Å². The number of pyridine rings is 1. The lowest BCUT2D eigenvalue weighted by molar-refractivity contribution is 0.935. The number of anilines is 2. The maximum absolute atomic E-state index is 4.53. The van der Waals surface area contributed by atoms with Crippen LogP contribution in [0.2, 0.25) is 0 Å². The zero-order valence-electron chi connectivity index (χ0n) is 11.2. The Morgan fingerprint density at radius 3 is 2.83 bits per heavy atom. The van der Waals surface area contributed by atoms with E-state index in [1.165, 1.54) is 30.8 Å². The second-order valence-corrected chi connectivity index (χ2v) is 5.97. The summed E-state index contributed by atoms with van der Waals surface area (Å²) in [5.74, 6) is 3.58. The second-order valence-electron chi connectivity index (χ2n) is 4.58. The maximum atomic E-state index is 4.53. The Hall–Kier alpha value is -0.900. The molecule has 1 N–H and O–H groups in total. The normalized spacial score (nSPS) is 15.1. The Labute approximate surface area is 114 Å². The summed E-state index contributed by atoms with van der Waals surface area (Å²) >= 11 is 2.00. The van der Waals surface area contributed by atoms with E-state index < -0.39 is 0 Å². The topological polar surface area (TPSA) is 28.2 Å². The molecule has 0 atom stereocenters. The number of hydrogen-bond acceptors (Lipinski definition) is 4. The van der Waals surface area contributed by atoms with Gasteiger partial charge in [-0.25, -0.2) is 4.98 Å². The van der Waals surface area contributed by atoms with Crippen molar-refractivity contribution >= 4 is 23.3 Å². The summed E-state index contributed by atoms with van der Waals surface area (Å²) in [6.07, 6.45) is 5.78. The van der Waals surface area contributed by atoms with E-state index in [1.807, 2.05) is 18.0 Å². The third-order valence-electron chi connectivity index (χ3n) is 3.18. The molecule has 1 aromatic heterocycles. The van der Waals surface area contributed by atoms with Crippen molar-refractivity contribution in [1.82, 2.24) is 4.98 Å². The molecule has 0 amide bonds. The van der Waals surface area contributed by atoms with Crippen LogP contribution in [0.3, 0.4) is 0 Å². The second kappa shape index (κ2) is 7.52. The molecule has 1 aromatic rings. The molecule has 1 aliphatic rings. The molecule has 1 saturated heterocycles. The van der Waals surface area contributed by atoms with Crippen LogP contribution >= 0.6 is 11.8 Å². The van der Waals surface area contributed by atoms with Gasteiger partial charge in [0.05, 0.1) is 11.9 Å². The van der Waals surface area contributed by atoms with Crippen LogP contribution in [0.1, 0.15) is 26.2 Å². The Morgan fingerprint density at radius 2 is 2.17 bits per heavy atom. The molecule has 100 valence electrons. The summed E-state index contributed by atoms with van der Waals surface area (Å²) in [7, 11) is 0. The minimum atomic E-state index is 1.04. The van der Waals surface area contributed by atoms with Gasteiger partial charge in [-0.3, -0.25) is 0 Å².